The van der Waals surface area contributed by atoms with E-state index in [0.717, 1.165) is 30.5 Å². The number of hydrogen-bond donors (Lipinski definition) is 2. The molecule has 0 amide bonds. The molecule has 1 aromatic carbocycles. The maximum absolute atomic E-state index is 13.0. The molecule has 2 fully saturated rings. The van der Waals surface area contributed by atoms with E-state index in [-0.39, 0.29) is 41.2 Å². The Bertz CT molecular complexity index is 1140. The van der Waals surface area contributed by atoms with Crippen molar-refractivity contribution < 1.29 is 23.2 Å². The summed E-state index contributed by atoms with van der Waals surface area (Å²) >= 11 is 6.19. The SMILES string of the molecule is CCC(c1ccc(C(F)(F)F)cc1)N1CCN(c2nc(Cl)nc(NCC3(O)CCCC3)c2[N+](=O)[O-])C(C)C1. The van der Waals surface area contributed by atoms with Gasteiger partial charge in [-0.05, 0) is 55.5 Å². The molecule has 13 heteroatoms. The minimum absolute atomic E-state index is 0.0313. The van der Waals surface area contributed by atoms with E-state index in [9.17, 15) is 28.4 Å². The van der Waals surface area contributed by atoms with E-state index < -0.39 is 22.3 Å². The molecule has 2 atom stereocenters. The van der Waals surface area contributed by atoms with E-state index in [2.05, 4.69) is 20.2 Å². The molecular formula is C25H32ClF3N6O3. The summed E-state index contributed by atoms with van der Waals surface area (Å²) in [4.78, 5) is 23.9. The van der Waals surface area contributed by atoms with Gasteiger partial charge in [-0.3, -0.25) is 15.0 Å². The second-order valence-corrected chi connectivity index (χ2v) is 10.5. The van der Waals surface area contributed by atoms with Gasteiger partial charge in [0.05, 0.1) is 16.1 Å². The molecule has 1 saturated heterocycles. The number of rotatable bonds is 8. The number of alkyl halides is 3. The van der Waals surface area contributed by atoms with Crippen molar-refractivity contribution in [1.82, 2.24) is 14.9 Å². The van der Waals surface area contributed by atoms with Crippen LogP contribution in [0.1, 0.15) is 63.1 Å². The monoisotopic (exact) mass is 556 g/mol. The number of piperazine rings is 1. The van der Waals surface area contributed by atoms with Crippen LogP contribution in [0.2, 0.25) is 5.28 Å². The standard InChI is InChI=1S/C25H32ClF3N6O3/c1-3-19(17-6-8-18(9-7-17)25(27,28)29)33-12-13-34(16(2)14-33)22-20(35(37)38)21(31-23(26)32-22)30-15-24(36)10-4-5-11-24/h6-9,16,19,36H,3-5,10-15H2,1-2H3,(H,30,31,32). The van der Waals surface area contributed by atoms with Gasteiger partial charge in [0.25, 0.3) is 0 Å². The van der Waals surface area contributed by atoms with Crippen LogP contribution in [-0.4, -0.2) is 62.7 Å². The highest BCUT2D eigenvalue weighted by atomic mass is 35.5. The molecule has 2 aromatic rings. The molecule has 1 aliphatic heterocycles. The van der Waals surface area contributed by atoms with Crippen molar-refractivity contribution in [2.24, 2.45) is 0 Å². The summed E-state index contributed by atoms with van der Waals surface area (Å²) < 4.78 is 39.0. The van der Waals surface area contributed by atoms with Crippen molar-refractivity contribution in [2.45, 2.75) is 69.8 Å². The Balaban J connectivity index is 1.54. The molecular weight excluding hydrogens is 525 g/mol. The summed E-state index contributed by atoms with van der Waals surface area (Å²) in [7, 11) is 0. The van der Waals surface area contributed by atoms with Crippen molar-refractivity contribution in [2.75, 3.05) is 36.4 Å². The lowest BCUT2D eigenvalue weighted by atomic mass is 9.99. The fourth-order valence-corrected chi connectivity index (χ4v) is 5.71. The van der Waals surface area contributed by atoms with Gasteiger partial charge < -0.3 is 15.3 Å². The van der Waals surface area contributed by atoms with Crippen LogP contribution in [0.15, 0.2) is 24.3 Å². The van der Waals surface area contributed by atoms with Crippen LogP contribution in [0.25, 0.3) is 0 Å². The number of nitro groups is 1. The molecule has 2 unspecified atom stereocenters. The average molecular weight is 557 g/mol. The van der Waals surface area contributed by atoms with Crippen LogP contribution in [0, 0.1) is 10.1 Å². The lowest BCUT2D eigenvalue weighted by Gasteiger charge is -2.43. The number of halogens is 4. The van der Waals surface area contributed by atoms with Crippen LogP contribution < -0.4 is 10.2 Å². The van der Waals surface area contributed by atoms with Crippen molar-refractivity contribution in [3.63, 3.8) is 0 Å². The summed E-state index contributed by atoms with van der Waals surface area (Å²) in [5.74, 6) is 0.0711. The van der Waals surface area contributed by atoms with Gasteiger partial charge in [-0.1, -0.05) is 31.9 Å². The second-order valence-electron chi connectivity index (χ2n) is 10.1. The van der Waals surface area contributed by atoms with Gasteiger partial charge in [0.2, 0.25) is 16.9 Å². The molecule has 2 heterocycles. The number of hydrogen-bond acceptors (Lipinski definition) is 8. The number of nitrogens with zero attached hydrogens (tertiary/aromatic N) is 5. The molecule has 0 radical (unpaired) electrons. The van der Waals surface area contributed by atoms with Gasteiger partial charge in [0, 0.05) is 38.3 Å². The Morgan fingerprint density at radius 1 is 1.24 bits per heavy atom. The zero-order valence-electron chi connectivity index (χ0n) is 21.3. The molecule has 4 rings (SSSR count). The van der Waals surface area contributed by atoms with E-state index in [0.29, 0.717) is 38.9 Å². The van der Waals surface area contributed by atoms with Gasteiger partial charge in [0.15, 0.2) is 0 Å². The molecule has 208 valence electrons. The maximum Gasteiger partial charge on any atom is 0.416 e. The lowest BCUT2D eigenvalue weighted by Crippen LogP contribution is -2.53. The van der Waals surface area contributed by atoms with Gasteiger partial charge in [-0.15, -0.1) is 0 Å². The van der Waals surface area contributed by atoms with Crippen molar-refractivity contribution in [3.8, 4) is 0 Å². The smallest absolute Gasteiger partial charge is 0.388 e. The first-order valence-corrected chi connectivity index (χ1v) is 13.2. The highest BCUT2D eigenvalue weighted by molar-refractivity contribution is 6.28. The number of anilines is 2. The molecule has 0 bridgehead atoms. The molecule has 1 aromatic heterocycles. The van der Waals surface area contributed by atoms with Crippen molar-refractivity contribution in [1.29, 1.82) is 0 Å². The number of aliphatic hydroxyl groups is 1. The highest BCUT2D eigenvalue weighted by Crippen LogP contribution is 2.38. The minimum Gasteiger partial charge on any atom is -0.388 e. The van der Waals surface area contributed by atoms with Crippen molar-refractivity contribution in [3.05, 3.63) is 50.8 Å². The zero-order valence-corrected chi connectivity index (χ0v) is 22.1. The van der Waals surface area contributed by atoms with Gasteiger partial charge in [0.1, 0.15) is 0 Å². The fraction of sp³-hybridized carbons (Fsp3) is 0.600. The quantitative estimate of drug-likeness (QED) is 0.251. The van der Waals surface area contributed by atoms with Gasteiger partial charge in [-0.25, -0.2) is 0 Å². The Morgan fingerprint density at radius 2 is 1.89 bits per heavy atom. The van der Waals surface area contributed by atoms with Gasteiger partial charge >= 0.3 is 11.9 Å². The third-order valence-electron chi connectivity index (χ3n) is 7.52. The third kappa shape index (κ3) is 6.13. The number of aromatic nitrogens is 2. The summed E-state index contributed by atoms with van der Waals surface area (Å²) in [5.41, 5.74) is -1.15. The van der Waals surface area contributed by atoms with E-state index >= 15 is 0 Å². The summed E-state index contributed by atoms with van der Waals surface area (Å²) in [6, 6.07) is 4.92. The van der Waals surface area contributed by atoms with Gasteiger partial charge in [-0.2, -0.15) is 23.1 Å². The molecule has 9 nitrogen and oxygen atoms in total. The molecule has 1 aliphatic carbocycles. The summed E-state index contributed by atoms with van der Waals surface area (Å²) in [5, 5.41) is 25.6. The van der Waals surface area contributed by atoms with Crippen LogP contribution in [0.5, 0.6) is 0 Å². The van der Waals surface area contributed by atoms with Crippen LogP contribution in [0.3, 0.4) is 0 Å². The minimum atomic E-state index is -4.39. The lowest BCUT2D eigenvalue weighted by molar-refractivity contribution is -0.383. The summed E-state index contributed by atoms with van der Waals surface area (Å²) in [6.45, 7) is 5.45. The maximum atomic E-state index is 13.0. The predicted octanol–water partition coefficient (Wildman–Crippen LogP) is 5.44. The zero-order chi connectivity index (χ0) is 27.7. The summed E-state index contributed by atoms with van der Waals surface area (Å²) in [6.07, 6.45) is -0.705. The van der Waals surface area contributed by atoms with Crippen LogP contribution in [0.4, 0.5) is 30.5 Å². The first-order chi connectivity index (χ1) is 17.9. The molecule has 2 aliphatic rings. The molecule has 0 spiro atoms. The fourth-order valence-electron chi connectivity index (χ4n) is 5.55. The Hall–Kier alpha value is -2.70. The normalized spacial score (nSPS) is 20.9. The van der Waals surface area contributed by atoms with E-state index in [1.165, 1.54) is 12.1 Å². The predicted molar refractivity (Wildman–Crippen MR) is 138 cm³/mol. The topological polar surface area (TPSA) is 108 Å². The van der Waals surface area contributed by atoms with E-state index in [1.807, 2.05) is 18.7 Å². The third-order valence-corrected chi connectivity index (χ3v) is 7.69. The first kappa shape index (κ1) is 28.3. The Kier molecular flexibility index (Phi) is 8.34. The van der Waals surface area contributed by atoms with Crippen LogP contribution >= 0.6 is 11.6 Å². The molecule has 2 N–H and O–H groups in total. The van der Waals surface area contributed by atoms with Crippen molar-refractivity contribution >= 4 is 28.9 Å². The van der Waals surface area contributed by atoms with Crippen LogP contribution in [-0.2, 0) is 6.18 Å². The largest absolute Gasteiger partial charge is 0.416 e. The van der Waals surface area contributed by atoms with E-state index in [1.54, 1.807) is 0 Å². The molecule has 1 saturated carbocycles. The average Bonchev–Trinajstić information content (AvgIpc) is 3.29. The highest BCUT2D eigenvalue weighted by Gasteiger charge is 2.37. The Labute approximate surface area is 224 Å². The second kappa shape index (κ2) is 11.2. The number of benzene rings is 1. The van der Waals surface area contributed by atoms with E-state index in [4.69, 9.17) is 11.6 Å². The Morgan fingerprint density at radius 3 is 2.45 bits per heavy atom. The molecule has 38 heavy (non-hydrogen) atoms. The number of nitrogens with one attached hydrogen (secondary N) is 1. The first-order valence-electron chi connectivity index (χ1n) is 12.8.